The van der Waals surface area contributed by atoms with Crippen LogP contribution in [0, 0.1) is 5.92 Å². The van der Waals surface area contributed by atoms with Gasteiger partial charge in [-0.25, -0.2) is 0 Å². The lowest BCUT2D eigenvalue weighted by atomic mass is 9.56. The minimum atomic E-state index is -0.509. The molecule has 0 radical (unpaired) electrons. The smallest absolute Gasteiger partial charge is 0.303 e. The van der Waals surface area contributed by atoms with Gasteiger partial charge < -0.3 is 15.2 Å². The Hall–Kier alpha value is -1.59. The zero-order valence-electron chi connectivity index (χ0n) is 16.4. The van der Waals surface area contributed by atoms with E-state index in [9.17, 15) is 4.79 Å². The van der Waals surface area contributed by atoms with Gasteiger partial charge in [0.25, 0.3) is 0 Å². The highest BCUT2D eigenvalue weighted by Crippen LogP contribution is 2.61. The Balaban J connectivity index is 1.67. The van der Waals surface area contributed by atoms with E-state index in [4.69, 9.17) is 15.2 Å². The average molecular weight is 370 g/mol. The molecule has 1 heterocycles. The van der Waals surface area contributed by atoms with Crippen LogP contribution in [-0.4, -0.2) is 48.8 Å². The van der Waals surface area contributed by atoms with Gasteiger partial charge in [-0.1, -0.05) is 6.07 Å². The van der Waals surface area contributed by atoms with Crippen LogP contribution in [0.15, 0.2) is 18.2 Å². The normalized spacial score (nSPS) is 37.4. The number of hydrogen-bond donors (Lipinski definition) is 1. The molecule has 1 aromatic rings. The van der Waals surface area contributed by atoms with Gasteiger partial charge in [-0.3, -0.25) is 9.69 Å². The highest BCUT2D eigenvalue weighted by molar-refractivity contribution is 5.68. The van der Waals surface area contributed by atoms with Gasteiger partial charge in [0.1, 0.15) is 11.4 Å². The van der Waals surface area contributed by atoms with E-state index in [1.165, 1.54) is 24.0 Å². The molecule has 2 N–H and O–H groups in total. The van der Waals surface area contributed by atoms with Gasteiger partial charge in [0.05, 0.1) is 13.2 Å². The summed E-state index contributed by atoms with van der Waals surface area (Å²) in [5.74, 6) is 1.51. The summed E-state index contributed by atoms with van der Waals surface area (Å²) < 4.78 is 11.8. The molecule has 5 heteroatoms. The summed E-state index contributed by atoms with van der Waals surface area (Å²) in [4.78, 5) is 14.9. The fourth-order valence-electron chi connectivity index (χ4n) is 6.43. The fourth-order valence-corrected chi connectivity index (χ4v) is 6.43. The van der Waals surface area contributed by atoms with E-state index < -0.39 is 5.60 Å². The molecule has 4 atom stereocenters. The van der Waals surface area contributed by atoms with Crippen LogP contribution in [0.2, 0.25) is 0 Å². The van der Waals surface area contributed by atoms with Gasteiger partial charge in [0.15, 0.2) is 0 Å². The molecule has 2 saturated carbocycles. The topological polar surface area (TPSA) is 64.8 Å². The number of methoxy groups -OCH3 is 1. The van der Waals surface area contributed by atoms with Crippen LogP contribution < -0.4 is 10.5 Å². The van der Waals surface area contributed by atoms with Crippen LogP contribution in [-0.2, 0) is 21.4 Å². The number of carbonyl (C=O) groups is 1. The van der Waals surface area contributed by atoms with Crippen molar-refractivity contribution < 1.29 is 14.3 Å². The third-order valence-electron chi connectivity index (χ3n) is 7.55. The minimum absolute atomic E-state index is 0.0601. The molecule has 1 aliphatic heterocycles. The van der Waals surface area contributed by atoms with E-state index in [-0.39, 0.29) is 23.5 Å². The summed E-state index contributed by atoms with van der Waals surface area (Å²) in [6.45, 7) is 3.74. The zero-order valence-corrected chi connectivity index (χ0v) is 16.4. The molecule has 1 saturated heterocycles. The molecule has 5 rings (SSSR count). The summed E-state index contributed by atoms with van der Waals surface area (Å²) in [5.41, 5.74) is 8.53. The van der Waals surface area contributed by atoms with E-state index in [1.807, 2.05) is 0 Å². The number of likely N-dealkylation sites (tertiary alicyclic amines) is 1. The van der Waals surface area contributed by atoms with Crippen LogP contribution >= 0.6 is 0 Å². The SMILES string of the molecule is COc1ccc2c(c1)[C@]13CCN(CC4CC4)[C@H](C2)[C@]1(OC(C)=O)C[C@@H](N)C3. The minimum Gasteiger partial charge on any atom is -0.497 e. The monoisotopic (exact) mass is 370 g/mol. The molecule has 146 valence electrons. The van der Waals surface area contributed by atoms with Crippen LogP contribution in [0.5, 0.6) is 5.75 Å². The first-order valence-electron chi connectivity index (χ1n) is 10.3. The van der Waals surface area contributed by atoms with Gasteiger partial charge in [-0.2, -0.15) is 0 Å². The van der Waals surface area contributed by atoms with E-state index in [1.54, 1.807) is 14.0 Å². The van der Waals surface area contributed by atoms with E-state index in [0.717, 1.165) is 50.4 Å². The Labute approximate surface area is 161 Å². The summed E-state index contributed by atoms with van der Waals surface area (Å²) in [5, 5.41) is 0. The predicted molar refractivity (Wildman–Crippen MR) is 103 cm³/mol. The van der Waals surface area contributed by atoms with Crippen molar-refractivity contribution in [2.45, 2.75) is 68.5 Å². The molecule has 3 fully saturated rings. The molecule has 0 amide bonds. The van der Waals surface area contributed by atoms with Gasteiger partial charge in [0.2, 0.25) is 0 Å². The van der Waals surface area contributed by atoms with Crippen molar-refractivity contribution >= 4 is 5.97 Å². The maximum Gasteiger partial charge on any atom is 0.303 e. The second-order valence-corrected chi connectivity index (χ2v) is 9.16. The zero-order chi connectivity index (χ0) is 18.8. The molecular weight excluding hydrogens is 340 g/mol. The maximum atomic E-state index is 12.3. The Morgan fingerprint density at radius 1 is 1.33 bits per heavy atom. The van der Waals surface area contributed by atoms with Gasteiger partial charge >= 0.3 is 5.97 Å². The number of piperidine rings is 1. The van der Waals surface area contributed by atoms with Gasteiger partial charge in [-0.05, 0) is 67.8 Å². The van der Waals surface area contributed by atoms with Crippen LogP contribution in [0.3, 0.4) is 0 Å². The van der Waals surface area contributed by atoms with Crippen LogP contribution in [0.25, 0.3) is 0 Å². The Morgan fingerprint density at radius 3 is 2.85 bits per heavy atom. The molecule has 0 aromatic heterocycles. The predicted octanol–water partition coefficient (Wildman–Crippen LogP) is 2.40. The largest absolute Gasteiger partial charge is 0.497 e. The summed E-state index contributed by atoms with van der Waals surface area (Å²) >= 11 is 0. The molecule has 27 heavy (non-hydrogen) atoms. The average Bonchev–Trinajstić information content (AvgIpc) is 3.37. The second kappa shape index (κ2) is 5.95. The number of esters is 1. The molecule has 5 nitrogen and oxygen atoms in total. The van der Waals surface area contributed by atoms with Crippen molar-refractivity contribution in [3.63, 3.8) is 0 Å². The van der Waals surface area contributed by atoms with E-state index in [2.05, 4.69) is 23.1 Å². The summed E-state index contributed by atoms with van der Waals surface area (Å²) in [6.07, 6.45) is 6.24. The highest BCUT2D eigenvalue weighted by Gasteiger charge is 2.69. The van der Waals surface area contributed by atoms with Crippen LogP contribution in [0.1, 0.15) is 50.2 Å². The summed E-state index contributed by atoms with van der Waals surface area (Å²) in [7, 11) is 1.71. The number of rotatable bonds is 4. The molecular formula is C22H30N2O3. The fraction of sp³-hybridized carbons (Fsp3) is 0.682. The van der Waals surface area contributed by atoms with Crippen LogP contribution in [0.4, 0.5) is 0 Å². The molecule has 0 spiro atoms. The third kappa shape index (κ3) is 2.47. The standard InChI is InChI=1S/C22H30N2O3/c1-14(25)27-22-12-17(23)11-21(22)7-8-24(13-15-3-4-15)20(22)9-16-5-6-18(26-2)10-19(16)21/h5-6,10,15,17,20H,3-4,7-9,11-13,23H2,1-2H3/t17-,20+,21+,22+/m0/s1. The second-order valence-electron chi connectivity index (χ2n) is 9.16. The van der Waals surface area contributed by atoms with E-state index in [0.29, 0.717) is 0 Å². The first-order chi connectivity index (χ1) is 13.0. The van der Waals surface area contributed by atoms with Crippen molar-refractivity contribution in [2.75, 3.05) is 20.2 Å². The first kappa shape index (κ1) is 17.5. The molecule has 2 bridgehead atoms. The maximum absolute atomic E-state index is 12.3. The Bertz CT molecular complexity index is 777. The third-order valence-corrected chi connectivity index (χ3v) is 7.55. The quantitative estimate of drug-likeness (QED) is 0.825. The number of carbonyl (C=O) groups excluding carboxylic acids is 1. The number of hydrogen-bond acceptors (Lipinski definition) is 5. The number of nitrogens with zero attached hydrogens (tertiary/aromatic N) is 1. The Morgan fingerprint density at radius 2 is 2.15 bits per heavy atom. The lowest BCUT2D eigenvalue weighted by molar-refractivity contribution is -0.188. The number of nitrogens with two attached hydrogens (primary N) is 1. The molecule has 3 aliphatic carbocycles. The molecule has 1 aromatic carbocycles. The van der Waals surface area contributed by atoms with Crippen molar-refractivity contribution in [3.8, 4) is 5.75 Å². The number of ether oxygens (including phenoxy) is 2. The molecule has 0 unspecified atom stereocenters. The number of fused-ring (bicyclic) bond motifs is 1. The van der Waals surface area contributed by atoms with Gasteiger partial charge in [-0.15, -0.1) is 0 Å². The van der Waals surface area contributed by atoms with Crippen molar-refractivity contribution in [3.05, 3.63) is 29.3 Å². The van der Waals surface area contributed by atoms with Crippen molar-refractivity contribution in [1.82, 2.24) is 4.90 Å². The Kier molecular flexibility index (Phi) is 3.86. The molecule has 4 aliphatic rings. The van der Waals surface area contributed by atoms with E-state index >= 15 is 0 Å². The van der Waals surface area contributed by atoms with Gasteiger partial charge in [0, 0.05) is 31.3 Å². The first-order valence-corrected chi connectivity index (χ1v) is 10.3. The highest BCUT2D eigenvalue weighted by atomic mass is 16.6. The summed E-state index contributed by atoms with van der Waals surface area (Å²) in [6, 6.07) is 6.74. The lowest BCUT2D eigenvalue weighted by Crippen LogP contribution is -2.70. The van der Waals surface area contributed by atoms with Crippen molar-refractivity contribution in [1.29, 1.82) is 0 Å². The lowest BCUT2D eigenvalue weighted by Gasteiger charge is -2.60. The number of benzene rings is 1. The van der Waals surface area contributed by atoms with Crippen molar-refractivity contribution in [2.24, 2.45) is 11.7 Å².